The number of ether oxygens (including phenoxy) is 1. The van der Waals surface area contributed by atoms with Crippen LogP contribution in [0.3, 0.4) is 0 Å². The molecule has 0 spiro atoms. The Balaban J connectivity index is 2.17. The summed E-state index contributed by atoms with van der Waals surface area (Å²) in [5.74, 6) is 0.277. The maximum Gasteiger partial charge on any atom is 0.306 e. The summed E-state index contributed by atoms with van der Waals surface area (Å²) in [6.45, 7) is 5.94. The first-order valence-corrected chi connectivity index (χ1v) is 14.1. The van der Waals surface area contributed by atoms with Gasteiger partial charge in [-0.3, -0.25) is 9.59 Å². The molecule has 0 saturated heterocycles. The average Bonchev–Trinajstić information content (AvgIpc) is 3.05. The number of allylic oxidation sites excluding steroid dienone is 2. The fourth-order valence-corrected chi connectivity index (χ4v) is 5.04. The van der Waals surface area contributed by atoms with Crippen LogP contribution in [0.2, 0.25) is 0 Å². The molecule has 0 aromatic carbocycles. The zero-order valence-corrected chi connectivity index (χ0v) is 22.2. The van der Waals surface area contributed by atoms with Gasteiger partial charge in [-0.25, -0.2) is 0 Å². The zero-order valence-electron chi connectivity index (χ0n) is 22.2. The first kappa shape index (κ1) is 30.8. The van der Waals surface area contributed by atoms with E-state index in [-0.39, 0.29) is 23.9 Å². The van der Waals surface area contributed by atoms with Gasteiger partial charge in [-0.1, -0.05) is 64.0 Å². The number of aliphatic hydroxyl groups excluding tert-OH is 2. The van der Waals surface area contributed by atoms with E-state index in [2.05, 4.69) is 19.1 Å². The quantitative estimate of drug-likeness (QED) is 0.115. The third-order valence-electron chi connectivity index (χ3n) is 7.03. The highest BCUT2D eigenvalue weighted by Crippen LogP contribution is 2.38. The molecule has 0 radical (unpaired) electrons. The van der Waals surface area contributed by atoms with Gasteiger partial charge in [-0.05, 0) is 70.6 Å². The van der Waals surface area contributed by atoms with E-state index in [1.165, 1.54) is 19.3 Å². The van der Waals surface area contributed by atoms with Crippen LogP contribution in [-0.4, -0.2) is 40.3 Å². The molecule has 0 amide bonds. The van der Waals surface area contributed by atoms with E-state index in [9.17, 15) is 19.8 Å². The first-order valence-electron chi connectivity index (χ1n) is 14.1. The minimum Gasteiger partial charge on any atom is -0.463 e. The number of aliphatic hydroxyl groups is 2. The lowest BCUT2D eigenvalue weighted by Crippen LogP contribution is -2.22. The fourth-order valence-electron chi connectivity index (χ4n) is 5.04. The third kappa shape index (κ3) is 14.3. The van der Waals surface area contributed by atoms with Gasteiger partial charge in [0, 0.05) is 19.3 Å². The molecule has 4 atom stereocenters. The normalized spacial score (nSPS) is 22.6. The summed E-state index contributed by atoms with van der Waals surface area (Å²) < 4.78 is 5.14. The molecule has 0 aliphatic heterocycles. The Morgan fingerprint density at radius 3 is 2.15 bits per heavy atom. The van der Waals surface area contributed by atoms with Gasteiger partial charge in [0.1, 0.15) is 5.78 Å². The molecule has 0 heterocycles. The molecule has 1 fully saturated rings. The Morgan fingerprint density at radius 1 is 0.824 bits per heavy atom. The van der Waals surface area contributed by atoms with Gasteiger partial charge in [0.2, 0.25) is 0 Å². The number of carbonyl (C=O) groups is 2. The van der Waals surface area contributed by atoms with Crippen molar-refractivity contribution in [2.75, 3.05) is 0 Å². The summed E-state index contributed by atoms with van der Waals surface area (Å²) in [6, 6.07) is 0. The van der Waals surface area contributed by atoms with Crippen molar-refractivity contribution in [3.63, 3.8) is 0 Å². The number of rotatable bonds is 20. The lowest BCUT2D eigenvalue weighted by molar-refractivity contribution is -0.147. The van der Waals surface area contributed by atoms with Crippen molar-refractivity contribution in [2.45, 2.75) is 148 Å². The van der Waals surface area contributed by atoms with Crippen molar-refractivity contribution in [3.8, 4) is 0 Å². The second kappa shape index (κ2) is 19.0. The highest BCUT2D eigenvalue weighted by Gasteiger charge is 2.40. The van der Waals surface area contributed by atoms with E-state index in [4.69, 9.17) is 4.74 Å². The lowest BCUT2D eigenvalue weighted by Gasteiger charge is -2.22. The molecular weight excluding hydrogens is 428 g/mol. The van der Waals surface area contributed by atoms with Crippen molar-refractivity contribution in [2.24, 2.45) is 11.8 Å². The molecule has 0 aromatic heterocycles. The first-order chi connectivity index (χ1) is 16.3. The van der Waals surface area contributed by atoms with Crippen molar-refractivity contribution < 1.29 is 24.5 Å². The predicted octanol–water partition coefficient (Wildman–Crippen LogP) is 6.68. The molecule has 34 heavy (non-hydrogen) atoms. The van der Waals surface area contributed by atoms with Gasteiger partial charge in [-0.15, -0.1) is 0 Å². The minimum atomic E-state index is -0.497. The summed E-state index contributed by atoms with van der Waals surface area (Å²) in [6.07, 6.45) is 19.1. The summed E-state index contributed by atoms with van der Waals surface area (Å²) in [4.78, 5) is 23.8. The molecule has 0 aromatic rings. The van der Waals surface area contributed by atoms with E-state index in [1.807, 2.05) is 13.8 Å². The third-order valence-corrected chi connectivity index (χ3v) is 7.03. The molecule has 1 aliphatic carbocycles. The van der Waals surface area contributed by atoms with E-state index in [0.29, 0.717) is 37.9 Å². The van der Waals surface area contributed by atoms with E-state index >= 15 is 0 Å². The summed E-state index contributed by atoms with van der Waals surface area (Å²) in [5.41, 5.74) is 0. The van der Waals surface area contributed by atoms with E-state index < -0.39 is 12.2 Å². The highest BCUT2D eigenvalue weighted by atomic mass is 16.5. The van der Waals surface area contributed by atoms with E-state index in [1.54, 1.807) is 0 Å². The number of ketones is 1. The molecule has 198 valence electrons. The Labute approximate surface area is 208 Å². The van der Waals surface area contributed by atoms with Crippen LogP contribution in [-0.2, 0) is 14.3 Å². The second-order valence-electron chi connectivity index (χ2n) is 10.5. The molecule has 2 N–H and O–H groups in total. The molecule has 3 unspecified atom stereocenters. The number of hydrogen-bond acceptors (Lipinski definition) is 5. The maximum atomic E-state index is 12.2. The van der Waals surface area contributed by atoms with Crippen LogP contribution in [0.25, 0.3) is 0 Å². The maximum absolute atomic E-state index is 12.2. The van der Waals surface area contributed by atoms with Crippen molar-refractivity contribution in [1.82, 2.24) is 0 Å². The summed E-state index contributed by atoms with van der Waals surface area (Å²) in [5, 5.41) is 20.8. The summed E-state index contributed by atoms with van der Waals surface area (Å²) in [7, 11) is 0. The predicted molar refractivity (Wildman–Crippen MR) is 139 cm³/mol. The number of esters is 1. The van der Waals surface area contributed by atoms with Gasteiger partial charge >= 0.3 is 5.97 Å². The molecule has 1 rings (SSSR count). The SMILES string of the molecule is CCCCCCCC(=O)CC[C@H]1C(O)CC(O)C1CC=CCCCCCCCC(=O)OC(C)C. The molecular formula is C29H52O5. The topological polar surface area (TPSA) is 83.8 Å². The zero-order chi connectivity index (χ0) is 25.2. The van der Waals surface area contributed by atoms with Gasteiger partial charge in [0.05, 0.1) is 18.3 Å². The Morgan fingerprint density at radius 2 is 1.44 bits per heavy atom. The fraction of sp³-hybridized carbons (Fsp3) is 0.862. The molecule has 0 bridgehead atoms. The molecule has 5 heteroatoms. The van der Waals surface area contributed by atoms with Crippen LogP contribution in [0, 0.1) is 11.8 Å². The number of Topliss-reactive ketones (excluding diaryl/α,β-unsaturated/α-hetero) is 1. The smallest absolute Gasteiger partial charge is 0.306 e. The molecule has 5 nitrogen and oxygen atoms in total. The largest absolute Gasteiger partial charge is 0.463 e. The minimum absolute atomic E-state index is 0.0195. The Hall–Kier alpha value is -1.20. The number of unbranched alkanes of at least 4 members (excludes halogenated alkanes) is 9. The van der Waals surface area contributed by atoms with Gasteiger partial charge in [-0.2, -0.15) is 0 Å². The Bertz CT molecular complexity index is 571. The second-order valence-corrected chi connectivity index (χ2v) is 10.5. The monoisotopic (exact) mass is 480 g/mol. The van der Waals surface area contributed by atoms with Crippen molar-refractivity contribution >= 4 is 11.8 Å². The van der Waals surface area contributed by atoms with Crippen LogP contribution in [0.4, 0.5) is 0 Å². The van der Waals surface area contributed by atoms with Crippen LogP contribution in [0.5, 0.6) is 0 Å². The lowest BCUT2D eigenvalue weighted by atomic mass is 9.86. The van der Waals surface area contributed by atoms with Crippen LogP contribution in [0.15, 0.2) is 12.2 Å². The van der Waals surface area contributed by atoms with Gasteiger partial charge in [0.25, 0.3) is 0 Å². The highest BCUT2D eigenvalue weighted by molar-refractivity contribution is 5.78. The number of carbonyl (C=O) groups excluding carboxylic acids is 2. The van der Waals surface area contributed by atoms with Gasteiger partial charge in [0.15, 0.2) is 0 Å². The number of hydrogen-bond donors (Lipinski definition) is 2. The molecule has 1 saturated carbocycles. The average molecular weight is 481 g/mol. The van der Waals surface area contributed by atoms with Crippen LogP contribution >= 0.6 is 0 Å². The van der Waals surface area contributed by atoms with Crippen LogP contribution in [0.1, 0.15) is 130 Å². The standard InChI is InChI=1S/C29H52O5/c1-4-5-6-11-14-17-24(30)20-21-26-25(27(31)22-28(26)32)18-15-12-9-7-8-10-13-16-19-29(33)34-23(2)3/h12,15,23,25-28,31-32H,4-11,13-14,16-22H2,1-3H3/t25?,26-,27?,28?/m1/s1. The van der Waals surface area contributed by atoms with Crippen molar-refractivity contribution in [3.05, 3.63) is 12.2 Å². The van der Waals surface area contributed by atoms with Gasteiger partial charge < -0.3 is 14.9 Å². The van der Waals surface area contributed by atoms with E-state index in [0.717, 1.165) is 57.8 Å². The summed E-state index contributed by atoms with van der Waals surface area (Å²) >= 11 is 0. The van der Waals surface area contributed by atoms with Crippen LogP contribution < -0.4 is 0 Å². The van der Waals surface area contributed by atoms with Crippen molar-refractivity contribution in [1.29, 1.82) is 0 Å². The molecule has 1 aliphatic rings. The Kier molecular flexibility index (Phi) is 17.3.